The van der Waals surface area contributed by atoms with Gasteiger partial charge in [-0.25, -0.2) is 0 Å². The molecule has 5 heterocycles. The molecule has 2 aliphatic rings. The van der Waals surface area contributed by atoms with E-state index in [1.807, 2.05) is 18.2 Å². The van der Waals surface area contributed by atoms with Gasteiger partial charge in [-0.2, -0.15) is 0 Å². The number of fused-ring (bicyclic) bond motifs is 14. The normalized spacial score (nSPS) is 14.3. The Bertz CT molecular complexity index is 5480. The zero-order valence-corrected chi connectivity index (χ0v) is 46.6. The SMILES string of the molecule is [2H]c1c([2H])c([2H])c2c(c1[2H])c1c([2H])c([2H])c([2H])c([2H])c1n2-c1cc2c3c(c1)N(c1c(-c4ccccc4)cc(C(C)(C)C)cc1-c1ccccc1)c1cc(-c4ccc5c(c4)c4ccccc4n5-c4ccccc4)ccc1B3c1ccc3sc4ccccc4c3c1S2. The van der Waals surface area contributed by atoms with Gasteiger partial charge in [-0.1, -0.05) is 214 Å². The maximum Gasteiger partial charge on any atom is 0.249 e. The molecule has 0 aliphatic carbocycles. The first-order valence-corrected chi connectivity index (χ1v) is 29.4. The highest BCUT2D eigenvalue weighted by molar-refractivity contribution is 8.00. The molecule has 2 aliphatic heterocycles. The standard InChI is InChI=1S/C76H52BN3S2/c1-76(2,3)51-43-58(47-21-7-4-8-22-47)74(59(44-51)48-23-9-5-10-24-48)80-67-42-50(49-36-39-66-60(41-49)56-29-15-19-33-65(56)78(66)52-25-11-6-12-26-52)35-37-61(67)77-62-38-40-70-72(57-30-16-20-34-69(57)81-70)75(62)82-71-46-53(45-68(80)73(71)77)79-63-31-17-13-27-54(63)55-28-14-18-32-64(55)79/h4-46H,1-3H3/i13D,14D,17D,18D,27D,28D,31D,32D. The fourth-order valence-electron chi connectivity index (χ4n) is 13.2. The Kier molecular flexibility index (Phi) is 8.81. The van der Waals surface area contributed by atoms with Crippen molar-refractivity contribution < 1.29 is 11.0 Å². The fraction of sp³-hybridized carbons (Fsp3) is 0.0526. The van der Waals surface area contributed by atoms with E-state index in [2.05, 4.69) is 224 Å². The van der Waals surface area contributed by atoms with Crippen LogP contribution in [0.4, 0.5) is 17.1 Å². The summed E-state index contributed by atoms with van der Waals surface area (Å²) in [5.74, 6) is 0. The minimum absolute atomic E-state index is 0.0305. The average molecular weight is 1090 g/mol. The lowest BCUT2D eigenvalue weighted by Crippen LogP contribution is -2.60. The van der Waals surface area contributed by atoms with Gasteiger partial charge in [-0.3, -0.25) is 0 Å². The van der Waals surface area contributed by atoms with E-state index in [4.69, 9.17) is 2.74 Å². The number of hydrogen-bond donors (Lipinski definition) is 0. The van der Waals surface area contributed by atoms with Crippen LogP contribution in [0, 0.1) is 0 Å². The van der Waals surface area contributed by atoms with Crippen LogP contribution in [-0.2, 0) is 5.41 Å². The highest BCUT2D eigenvalue weighted by Crippen LogP contribution is 2.53. The van der Waals surface area contributed by atoms with Crippen LogP contribution in [0.2, 0.25) is 0 Å². The highest BCUT2D eigenvalue weighted by Gasteiger charge is 2.44. The molecule has 17 rings (SSSR count). The molecule has 0 N–H and O–H groups in total. The van der Waals surface area contributed by atoms with Gasteiger partial charge >= 0.3 is 0 Å². The smallest absolute Gasteiger partial charge is 0.249 e. The van der Waals surface area contributed by atoms with Gasteiger partial charge in [0.05, 0.1) is 38.7 Å². The van der Waals surface area contributed by atoms with Crippen LogP contribution < -0.4 is 21.3 Å². The van der Waals surface area contributed by atoms with Gasteiger partial charge in [0.25, 0.3) is 0 Å². The van der Waals surface area contributed by atoms with Crippen LogP contribution in [0.1, 0.15) is 37.3 Å². The molecule has 0 saturated heterocycles. The summed E-state index contributed by atoms with van der Waals surface area (Å²) in [7, 11) is 0. The Morgan fingerprint density at radius 2 is 1.01 bits per heavy atom. The van der Waals surface area contributed by atoms with Gasteiger partial charge in [0.1, 0.15) is 0 Å². The molecule has 0 saturated carbocycles. The predicted octanol–water partition coefficient (Wildman–Crippen LogP) is 19.3. The van der Waals surface area contributed by atoms with Gasteiger partial charge in [0.15, 0.2) is 0 Å². The third-order valence-electron chi connectivity index (χ3n) is 16.9. The first-order chi connectivity index (χ1) is 43.6. The maximum absolute atomic E-state index is 9.76. The van der Waals surface area contributed by atoms with Crippen LogP contribution in [0.25, 0.3) is 109 Å². The molecule has 0 radical (unpaired) electrons. The number of anilines is 3. The minimum Gasteiger partial charge on any atom is -0.310 e. The number of para-hydroxylation sites is 4. The molecular formula is C76H52BN3S2. The quantitative estimate of drug-likeness (QED) is 0.154. The van der Waals surface area contributed by atoms with Crippen LogP contribution in [0.15, 0.2) is 270 Å². The largest absolute Gasteiger partial charge is 0.310 e. The number of nitrogens with zero attached hydrogens (tertiary/aromatic N) is 3. The van der Waals surface area contributed by atoms with Crippen molar-refractivity contribution in [2.45, 2.75) is 36.0 Å². The summed E-state index contributed by atoms with van der Waals surface area (Å²) in [5, 5.41) is 4.66. The Morgan fingerprint density at radius 1 is 0.427 bits per heavy atom. The Balaban J connectivity index is 1.05. The highest BCUT2D eigenvalue weighted by atomic mass is 32.2. The van der Waals surface area contributed by atoms with Crippen molar-refractivity contribution in [2.24, 2.45) is 0 Å². The summed E-state index contributed by atoms with van der Waals surface area (Å²) in [6.07, 6.45) is 0. The predicted molar refractivity (Wildman–Crippen MR) is 353 cm³/mol. The molecule has 3 nitrogen and oxygen atoms in total. The number of aromatic nitrogens is 2. The Hall–Kier alpha value is -9.33. The summed E-state index contributed by atoms with van der Waals surface area (Å²) in [6, 6.07) is 72.8. The lowest BCUT2D eigenvalue weighted by molar-refractivity contribution is 0.591. The molecule has 82 heavy (non-hydrogen) atoms. The molecule has 0 amide bonds. The molecule has 12 aromatic carbocycles. The molecule has 0 fully saturated rings. The van der Waals surface area contributed by atoms with Crippen LogP contribution in [-0.4, -0.2) is 15.8 Å². The van der Waals surface area contributed by atoms with Crippen molar-refractivity contribution in [3.05, 3.63) is 266 Å². The van der Waals surface area contributed by atoms with E-state index >= 15 is 0 Å². The van der Waals surface area contributed by atoms with Gasteiger partial charge < -0.3 is 14.0 Å². The van der Waals surface area contributed by atoms with Gasteiger partial charge in [-0.15, -0.1) is 11.3 Å². The number of rotatable bonds is 6. The third kappa shape index (κ3) is 7.11. The Labute approximate surface area is 496 Å². The first-order valence-electron chi connectivity index (χ1n) is 31.8. The fourth-order valence-corrected chi connectivity index (χ4v) is 15.8. The molecule has 15 aromatic rings. The van der Waals surface area contributed by atoms with Crippen molar-refractivity contribution >= 4 is 127 Å². The second-order valence-corrected chi connectivity index (χ2v) is 24.7. The topological polar surface area (TPSA) is 13.1 Å². The van der Waals surface area contributed by atoms with Gasteiger partial charge in [-0.05, 0) is 129 Å². The molecule has 0 bridgehead atoms. The van der Waals surface area contributed by atoms with Crippen LogP contribution >= 0.6 is 23.1 Å². The van der Waals surface area contributed by atoms with Crippen LogP contribution in [0.3, 0.4) is 0 Å². The molecule has 6 heteroatoms. The van der Waals surface area contributed by atoms with Crippen molar-refractivity contribution in [3.63, 3.8) is 0 Å². The zero-order valence-electron chi connectivity index (χ0n) is 52.9. The molecular weight excluding hydrogens is 1030 g/mol. The molecule has 3 aromatic heterocycles. The first kappa shape index (κ1) is 39.9. The monoisotopic (exact) mass is 1090 g/mol. The number of benzene rings is 12. The summed E-state index contributed by atoms with van der Waals surface area (Å²) in [5.41, 5.74) is 16.9. The summed E-state index contributed by atoms with van der Waals surface area (Å²) in [6.45, 7) is 6.44. The van der Waals surface area contributed by atoms with E-state index in [9.17, 15) is 8.22 Å². The van der Waals surface area contributed by atoms with Crippen molar-refractivity contribution in [3.8, 4) is 44.8 Å². The van der Waals surface area contributed by atoms with Gasteiger partial charge in [0, 0.05) is 85.4 Å². The molecule has 0 unspecified atom stereocenters. The van der Waals surface area contributed by atoms with Crippen molar-refractivity contribution in [1.82, 2.24) is 9.13 Å². The van der Waals surface area contributed by atoms with E-state index < -0.39 is 24.2 Å². The summed E-state index contributed by atoms with van der Waals surface area (Å²) >= 11 is 3.46. The van der Waals surface area contributed by atoms with Gasteiger partial charge in [0.2, 0.25) is 6.71 Å². The lowest BCUT2D eigenvalue weighted by atomic mass is 9.34. The zero-order chi connectivity index (χ0) is 61.3. The number of thiophene rings is 1. The van der Waals surface area contributed by atoms with E-state index in [1.165, 1.54) is 4.70 Å². The molecule has 386 valence electrons. The number of hydrogen-bond acceptors (Lipinski definition) is 3. The molecule has 0 atom stereocenters. The molecule has 0 spiro atoms. The van der Waals surface area contributed by atoms with E-state index in [0.29, 0.717) is 5.69 Å². The Morgan fingerprint density at radius 3 is 1.72 bits per heavy atom. The maximum atomic E-state index is 9.76. The third-order valence-corrected chi connectivity index (χ3v) is 19.3. The van der Waals surface area contributed by atoms with Crippen molar-refractivity contribution in [2.75, 3.05) is 4.90 Å². The second-order valence-electron chi connectivity index (χ2n) is 22.6. The minimum atomic E-state index is -0.484. The lowest BCUT2D eigenvalue weighted by Gasteiger charge is -2.42. The second kappa shape index (κ2) is 18.1. The summed E-state index contributed by atoms with van der Waals surface area (Å²) in [4.78, 5) is 4.47. The van der Waals surface area contributed by atoms with E-state index in [-0.39, 0.29) is 58.1 Å². The summed E-state index contributed by atoms with van der Waals surface area (Å²) < 4.78 is 81.2. The van der Waals surface area contributed by atoms with E-state index in [0.717, 1.165) is 125 Å². The van der Waals surface area contributed by atoms with Crippen LogP contribution in [0.5, 0.6) is 0 Å². The van der Waals surface area contributed by atoms with E-state index in [1.54, 1.807) is 27.7 Å². The van der Waals surface area contributed by atoms with Crippen molar-refractivity contribution in [1.29, 1.82) is 0 Å². The average Bonchev–Trinajstić information content (AvgIpc) is 1.16.